The fourth-order valence-corrected chi connectivity index (χ4v) is 1.55. The molecular formula is C5H6NOP. The minimum atomic E-state index is 0.521. The number of hydrogen-bond acceptors (Lipinski definition) is 1. The van der Waals surface area contributed by atoms with Crippen LogP contribution in [0.4, 0.5) is 0 Å². The van der Waals surface area contributed by atoms with Gasteiger partial charge in [-0.1, -0.05) is 0 Å². The molecule has 0 N–H and O–H groups in total. The van der Waals surface area contributed by atoms with E-state index in [4.69, 9.17) is 4.52 Å². The molecule has 1 aliphatic rings. The maximum Gasteiger partial charge on any atom is 0.121 e. The van der Waals surface area contributed by atoms with Crippen LogP contribution in [0.25, 0.3) is 0 Å². The zero-order valence-corrected chi connectivity index (χ0v) is 5.29. The molecule has 8 heavy (non-hydrogen) atoms. The Morgan fingerprint density at radius 1 is 1.75 bits per heavy atom. The fourth-order valence-electron chi connectivity index (χ4n) is 0.799. The number of nitrogens with zero attached hydrogens (tertiary/aromatic N) is 1. The van der Waals surface area contributed by atoms with Crippen molar-refractivity contribution in [3.8, 4) is 0 Å². The van der Waals surface area contributed by atoms with Gasteiger partial charge >= 0.3 is 0 Å². The van der Waals surface area contributed by atoms with E-state index in [0.29, 0.717) is 8.96 Å². The van der Waals surface area contributed by atoms with Crippen LogP contribution in [0.2, 0.25) is 0 Å². The molecular weight excluding hydrogens is 121 g/mol. The molecule has 0 bridgehead atoms. The van der Waals surface area contributed by atoms with E-state index in [1.807, 2.05) is 12.3 Å². The Bertz CT molecular complexity index is 178. The molecule has 0 saturated carbocycles. The first-order valence-electron chi connectivity index (χ1n) is 2.51. The zero-order valence-electron chi connectivity index (χ0n) is 4.29. The Kier molecular flexibility index (Phi) is 0.893. The van der Waals surface area contributed by atoms with Crippen molar-refractivity contribution in [1.82, 2.24) is 4.34 Å². The monoisotopic (exact) mass is 127 g/mol. The lowest BCUT2D eigenvalue weighted by atomic mass is 10.5. The molecule has 1 aromatic rings. The maximum atomic E-state index is 5.15. The van der Waals surface area contributed by atoms with Crippen molar-refractivity contribution in [3.63, 3.8) is 0 Å². The summed E-state index contributed by atoms with van der Waals surface area (Å²) in [7, 11) is 0.521. The molecule has 0 fully saturated rings. The highest BCUT2D eigenvalue weighted by Gasteiger charge is 2.06. The first kappa shape index (κ1) is 4.54. The highest BCUT2D eigenvalue weighted by Crippen LogP contribution is 2.28. The lowest BCUT2D eigenvalue weighted by Crippen LogP contribution is -1.77. The number of aromatic nitrogens is 1. The van der Waals surface area contributed by atoms with Crippen LogP contribution in [0.15, 0.2) is 18.3 Å². The summed E-state index contributed by atoms with van der Waals surface area (Å²) in [6, 6.07) is 4.13. The molecule has 1 aliphatic heterocycles. The molecule has 2 rings (SSSR count). The summed E-state index contributed by atoms with van der Waals surface area (Å²) in [6.45, 7) is 0.797. The number of hydrogen-bond donors (Lipinski definition) is 0. The second-order valence-corrected chi connectivity index (χ2v) is 2.70. The van der Waals surface area contributed by atoms with Crippen LogP contribution >= 0.6 is 8.96 Å². The lowest BCUT2D eigenvalue weighted by molar-refractivity contribution is 0.369. The lowest BCUT2D eigenvalue weighted by Gasteiger charge is -1.87. The van der Waals surface area contributed by atoms with Gasteiger partial charge in [0.2, 0.25) is 0 Å². The van der Waals surface area contributed by atoms with Gasteiger partial charge in [0, 0.05) is 11.9 Å². The van der Waals surface area contributed by atoms with Gasteiger partial charge in [-0.3, -0.25) is 0 Å². The standard InChI is InChI=1S/C5H6NOP/c1-2-5-4-7-8-6(5)3-1/h1-3,8H,4H2. The van der Waals surface area contributed by atoms with Crippen LogP contribution < -0.4 is 0 Å². The predicted molar refractivity (Wildman–Crippen MR) is 32.9 cm³/mol. The van der Waals surface area contributed by atoms with Gasteiger partial charge in [-0.15, -0.1) is 0 Å². The molecule has 3 heteroatoms. The van der Waals surface area contributed by atoms with Gasteiger partial charge in [0.15, 0.2) is 0 Å². The van der Waals surface area contributed by atoms with Crippen LogP contribution in [-0.4, -0.2) is 4.34 Å². The topological polar surface area (TPSA) is 14.2 Å². The highest BCUT2D eigenvalue weighted by atomic mass is 31.1. The molecule has 42 valence electrons. The highest BCUT2D eigenvalue weighted by molar-refractivity contribution is 7.30. The third-order valence-electron chi connectivity index (χ3n) is 1.22. The third kappa shape index (κ3) is 0.504. The number of rotatable bonds is 0. The smallest absolute Gasteiger partial charge is 0.121 e. The van der Waals surface area contributed by atoms with E-state index in [2.05, 4.69) is 10.4 Å². The molecule has 0 aromatic carbocycles. The van der Waals surface area contributed by atoms with E-state index in [-0.39, 0.29) is 0 Å². The summed E-state index contributed by atoms with van der Waals surface area (Å²) in [4.78, 5) is 0. The van der Waals surface area contributed by atoms with Gasteiger partial charge in [-0.05, 0) is 12.1 Å². The Hall–Kier alpha value is -0.330. The average Bonchev–Trinajstić information content (AvgIpc) is 2.15. The summed E-state index contributed by atoms with van der Waals surface area (Å²) < 4.78 is 7.27. The van der Waals surface area contributed by atoms with E-state index < -0.39 is 0 Å². The van der Waals surface area contributed by atoms with Gasteiger partial charge in [0.1, 0.15) is 8.96 Å². The first-order chi connectivity index (χ1) is 3.97. The Balaban J connectivity index is 2.54. The first-order valence-corrected chi connectivity index (χ1v) is 3.36. The van der Waals surface area contributed by atoms with Gasteiger partial charge in [-0.2, -0.15) is 0 Å². The maximum absolute atomic E-state index is 5.15. The van der Waals surface area contributed by atoms with Crippen LogP contribution in [0.1, 0.15) is 5.69 Å². The molecule has 0 radical (unpaired) electrons. The Morgan fingerprint density at radius 2 is 2.75 bits per heavy atom. The second kappa shape index (κ2) is 1.57. The summed E-state index contributed by atoms with van der Waals surface area (Å²) in [5.41, 5.74) is 1.29. The van der Waals surface area contributed by atoms with E-state index in [1.54, 1.807) is 0 Å². The zero-order chi connectivity index (χ0) is 5.40. The van der Waals surface area contributed by atoms with Crippen molar-refractivity contribution < 1.29 is 4.52 Å². The molecule has 0 aliphatic carbocycles. The summed E-state index contributed by atoms with van der Waals surface area (Å²) in [5.74, 6) is 0. The largest absolute Gasteiger partial charge is 0.335 e. The van der Waals surface area contributed by atoms with Gasteiger partial charge in [0.25, 0.3) is 0 Å². The predicted octanol–water partition coefficient (Wildman–Crippen LogP) is 1.37. The molecule has 0 amide bonds. The molecule has 1 atom stereocenters. The summed E-state index contributed by atoms with van der Waals surface area (Å²) in [5, 5.41) is 0. The van der Waals surface area contributed by atoms with Crippen molar-refractivity contribution in [2.75, 3.05) is 0 Å². The average molecular weight is 127 g/mol. The van der Waals surface area contributed by atoms with Crippen molar-refractivity contribution in [3.05, 3.63) is 24.0 Å². The van der Waals surface area contributed by atoms with Gasteiger partial charge < -0.3 is 8.86 Å². The minimum Gasteiger partial charge on any atom is -0.335 e. The molecule has 0 spiro atoms. The van der Waals surface area contributed by atoms with Gasteiger partial charge in [0.05, 0.1) is 6.61 Å². The Morgan fingerprint density at radius 3 is 3.62 bits per heavy atom. The minimum absolute atomic E-state index is 0.521. The van der Waals surface area contributed by atoms with Crippen LogP contribution in [0, 0.1) is 0 Å². The molecule has 2 heterocycles. The van der Waals surface area contributed by atoms with Crippen molar-refractivity contribution >= 4 is 8.96 Å². The van der Waals surface area contributed by atoms with Crippen molar-refractivity contribution in [2.45, 2.75) is 6.61 Å². The normalized spacial score (nSPS) is 19.5. The van der Waals surface area contributed by atoms with E-state index in [0.717, 1.165) is 6.61 Å². The van der Waals surface area contributed by atoms with Crippen molar-refractivity contribution in [2.24, 2.45) is 0 Å². The summed E-state index contributed by atoms with van der Waals surface area (Å²) >= 11 is 0. The second-order valence-electron chi connectivity index (χ2n) is 1.75. The van der Waals surface area contributed by atoms with Gasteiger partial charge in [-0.25, -0.2) is 0 Å². The van der Waals surface area contributed by atoms with E-state index >= 15 is 0 Å². The number of fused-ring (bicyclic) bond motifs is 1. The molecule has 1 unspecified atom stereocenters. The van der Waals surface area contributed by atoms with Crippen LogP contribution in [-0.2, 0) is 11.1 Å². The molecule has 0 saturated heterocycles. The van der Waals surface area contributed by atoms with Crippen LogP contribution in [0.3, 0.4) is 0 Å². The Labute approximate surface area is 49.4 Å². The van der Waals surface area contributed by atoms with Crippen LogP contribution in [0.5, 0.6) is 0 Å². The van der Waals surface area contributed by atoms with Crippen molar-refractivity contribution in [1.29, 1.82) is 0 Å². The molecule has 2 nitrogen and oxygen atoms in total. The quantitative estimate of drug-likeness (QED) is 0.480. The van der Waals surface area contributed by atoms with E-state index in [9.17, 15) is 0 Å². The summed E-state index contributed by atoms with van der Waals surface area (Å²) in [6.07, 6.45) is 2.04. The molecule has 1 aromatic heterocycles. The SMILES string of the molecule is c1cc2n(c1)POC2. The van der Waals surface area contributed by atoms with E-state index in [1.165, 1.54) is 5.69 Å². The third-order valence-corrected chi connectivity index (χ3v) is 2.12. The fraction of sp³-hybridized carbons (Fsp3) is 0.200.